The number of hydrogen-bond acceptors (Lipinski definition) is 2. The highest BCUT2D eigenvalue weighted by Crippen LogP contribution is 2.24. The maximum Gasteiger partial charge on any atom is 0.257 e. The van der Waals surface area contributed by atoms with Crippen LogP contribution < -0.4 is 5.32 Å². The first-order valence-electron chi connectivity index (χ1n) is 4.55. The van der Waals surface area contributed by atoms with E-state index in [1.807, 2.05) is 30.3 Å². The van der Waals surface area contributed by atoms with Crippen molar-refractivity contribution in [3.63, 3.8) is 0 Å². The molecule has 0 saturated carbocycles. The average molecular weight is 219 g/mol. The van der Waals surface area contributed by atoms with Crippen LogP contribution in [-0.2, 0) is 4.79 Å². The van der Waals surface area contributed by atoms with Crippen molar-refractivity contribution in [1.29, 1.82) is 0 Å². The molecule has 1 amide bonds. The van der Waals surface area contributed by atoms with Gasteiger partial charge in [0.05, 0.1) is 4.91 Å². The molecule has 0 fully saturated rings. The Morgan fingerprint density at radius 3 is 2.67 bits per heavy atom. The summed E-state index contributed by atoms with van der Waals surface area (Å²) in [6.07, 6.45) is 1.64. The normalized spacial score (nSPS) is 9.33. The van der Waals surface area contributed by atoms with Crippen LogP contribution in [0.1, 0.15) is 0 Å². The molecule has 0 aliphatic heterocycles. The lowest BCUT2D eigenvalue weighted by atomic mass is 10.4. The topological polar surface area (TPSA) is 29.1 Å². The minimum Gasteiger partial charge on any atom is -0.348 e. The van der Waals surface area contributed by atoms with Crippen LogP contribution in [0.5, 0.6) is 0 Å². The number of amides is 1. The molecule has 0 saturated heterocycles. The summed E-state index contributed by atoms with van der Waals surface area (Å²) in [6.45, 7) is 7.71. The maximum atomic E-state index is 11.4. The zero-order chi connectivity index (χ0) is 11.1. The number of carbonyl (C=O) groups excluding carboxylic acids is 1. The molecule has 0 heterocycles. The van der Waals surface area contributed by atoms with Gasteiger partial charge >= 0.3 is 0 Å². The van der Waals surface area contributed by atoms with E-state index < -0.39 is 0 Å². The van der Waals surface area contributed by atoms with Gasteiger partial charge in [-0.25, -0.2) is 0 Å². The third-order valence-corrected chi connectivity index (χ3v) is 2.58. The van der Waals surface area contributed by atoms with Gasteiger partial charge in [-0.1, -0.05) is 42.6 Å². The van der Waals surface area contributed by atoms with E-state index in [2.05, 4.69) is 18.5 Å². The van der Waals surface area contributed by atoms with E-state index in [0.29, 0.717) is 11.4 Å². The van der Waals surface area contributed by atoms with Crippen LogP contribution in [-0.4, -0.2) is 12.5 Å². The predicted octanol–water partition coefficient (Wildman–Crippen LogP) is 2.59. The molecule has 0 radical (unpaired) electrons. The van der Waals surface area contributed by atoms with Gasteiger partial charge in [0.2, 0.25) is 0 Å². The zero-order valence-corrected chi connectivity index (χ0v) is 9.22. The first-order valence-corrected chi connectivity index (χ1v) is 5.36. The molecule has 0 aliphatic carbocycles. The van der Waals surface area contributed by atoms with Crippen LogP contribution in [0.2, 0.25) is 0 Å². The quantitative estimate of drug-likeness (QED) is 0.468. The average Bonchev–Trinajstić information content (AvgIpc) is 2.27. The van der Waals surface area contributed by atoms with Crippen molar-refractivity contribution in [2.75, 3.05) is 6.54 Å². The van der Waals surface area contributed by atoms with Crippen molar-refractivity contribution in [2.45, 2.75) is 4.90 Å². The van der Waals surface area contributed by atoms with Crippen molar-refractivity contribution in [1.82, 2.24) is 5.32 Å². The van der Waals surface area contributed by atoms with Gasteiger partial charge in [-0.15, -0.1) is 6.58 Å². The van der Waals surface area contributed by atoms with Gasteiger partial charge in [-0.2, -0.15) is 0 Å². The number of carbonyl (C=O) groups is 1. The van der Waals surface area contributed by atoms with E-state index in [-0.39, 0.29) is 5.91 Å². The number of rotatable bonds is 5. The van der Waals surface area contributed by atoms with E-state index in [0.717, 1.165) is 4.90 Å². The van der Waals surface area contributed by atoms with Crippen LogP contribution in [0.3, 0.4) is 0 Å². The molecule has 78 valence electrons. The molecular formula is C12H13NOS. The van der Waals surface area contributed by atoms with E-state index >= 15 is 0 Å². The highest BCUT2D eigenvalue weighted by atomic mass is 32.2. The van der Waals surface area contributed by atoms with Gasteiger partial charge in [0.1, 0.15) is 0 Å². The summed E-state index contributed by atoms with van der Waals surface area (Å²) >= 11 is 1.36. The lowest BCUT2D eigenvalue weighted by Crippen LogP contribution is -2.23. The highest BCUT2D eigenvalue weighted by Gasteiger charge is 2.06. The molecule has 15 heavy (non-hydrogen) atoms. The largest absolute Gasteiger partial charge is 0.348 e. The summed E-state index contributed by atoms with van der Waals surface area (Å²) in [4.78, 5) is 12.9. The van der Waals surface area contributed by atoms with Gasteiger partial charge < -0.3 is 5.32 Å². The Labute approximate surface area is 94.1 Å². The molecule has 1 rings (SSSR count). The maximum absolute atomic E-state index is 11.4. The summed E-state index contributed by atoms with van der Waals surface area (Å²) in [6, 6.07) is 9.67. The minimum atomic E-state index is -0.149. The van der Waals surface area contributed by atoms with Crippen LogP contribution in [0, 0.1) is 0 Å². The molecule has 2 nitrogen and oxygen atoms in total. The second kappa shape index (κ2) is 6.09. The van der Waals surface area contributed by atoms with Gasteiger partial charge in [-0.05, 0) is 12.1 Å². The van der Waals surface area contributed by atoms with Gasteiger partial charge in [0, 0.05) is 11.4 Å². The van der Waals surface area contributed by atoms with Crippen LogP contribution >= 0.6 is 11.8 Å². The predicted molar refractivity (Wildman–Crippen MR) is 64.6 cm³/mol. The lowest BCUT2D eigenvalue weighted by Gasteiger charge is -2.04. The molecule has 0 aromatic heterocycles. The summed E-state index contributed by atoms with van der Waals surface area (Å²) in [5.41, 5.74) is 0. The Kier molecular flexibility index (Phi) is 4.71. The molecule has 1 aromatic rings. The second-order valence-electron chi connectivity index (χ2n) is 2.84. The van der Waals surface area contributed by atoms with E-state index in [4.69, 9.17) is 0 Å². The van der Waals surface area contributed by atoms with Gasteiger partial charge in [-0.3, -0.25) is 4.79 Å². The smallest absolute Gasteiger partial charge is 0.257 e. The van der Waals surface area contributed by atoms with Crippen LogP contribution in [0.25, 0.3) is 0 Å². The highest BCUT2D eigenvalue weighted by molar-refractivity contribution is 8.04. The Morgan fingerprint density at radius 1 is 1.40 bits per heavy atom. The summed E-state index contributed by atoms with van der Waals surface area (Å²) < 4.78 is 0. The molecule has 1 N–H and O–H groups in total. The van der Waals surface area contributed by atoms with E-state index in [1.165, 1.54) is 11.8 Å². The first-order chi connectivity index (χ1) is 7.24. The molecule has 0 aliphatic rings. The fourth-order valence-corrected chi connectivity index (χ4v) is 1.68. The third kappa shape index (κ3) is 4.04. The number of thioether (sulfide) groups is 1. The molecule has 1 aromatic carbocycles. The molecule has 0 unspecified atom stereocenters. The number of benzene rings is 1. The fourth-order valence-electron chi connectivity index (χ4n) is 0.941. The second-order valence-corrected chi connectivity index (χ2v) is 4.01. The van der Waals surface area contributed by atoms with Crippen LogP contribution in [0.15, 0.2) is 59.4 Å². The number of nitrogens with one attached hydrogen (secondary N) is 1. The Hall–Kier alpha value is -1.48. The van der Waals surface area contributed by atoms with Crippen LogP contribution in [0.4, 0.5) is 0 Å². The Morgan fingerprint density at radius 2 is 2.07 bits per heavy atom. The SMILES string of the molecule is C=CCNC(=O)C(=C)Sc1ccccc1. The van der Waals surface area contributed by atoms with Crippen molar-refractivity contribution >= 4 is 17.7 Å². The van der Waals surface area contributed by atoms with Crippen molar-refractivity contribution in [3.05, 3.63) is 54.5 Å². The van der Waals surface area contributed by atoms with Crippen molar-refractivity contribution < 1.29 is 4.79 Å². The molecule has 0 spiro atoms. The van der Waals surface area contributed by atoms with Crippen molar-refractivity contribution in [3.8, 4) is 0 Å². The Balaban J connectivity index is 2.49. The third-order valence-electron chi connectivity index (χ3n) is 1.64. The first kappa shape index (κ1) is 11.6. The molecule has 0 atom stereocenters. The van der Waals surface area contributed by atoms with E-state index in [9.17, 15) is 4.79 Å². The Bertz CT molecular complexity index is 359. The monoisotopic (exact) mass is 219 g/mol. The summed E-state index contributed by atoms with van der Waals surface area (Å²) in [5, 5.41) is 2.67. The molecular weight excluding hydrogens is 206 g/mol. The van der Waals surface area contributed by atoms with Crippen molar-refractivity contribution in [2.24, 2.45) is 0 Å². The molecule has 3 heteroatoms. The zero-order valence-electron chi connectivity index (χ0n) is 8.40. The lowest BCUT2D eigenvalue weighted by molar-refractivity contribution is -0.116. The fraction of sp³-hybridized carbons (Fsp3) is 0.0833. The standard InChI is InChI=1S/C12H13NOS/c1-3-9-13-12(14)10(2)15-11-7-5-4-6-8-11/h3-8H,1-2,9H2,(H,13,14). The van der Waals surface area contributed by atoms with E-state index in [1.54, 1.807) is 6.08 Å². The molecule has 0 bridgehead atoms. The van der Waals surface area contributed by atoms with Gasteiger partial charge in [0.15, 0.2) is 0 Å². The summed E-state index contributed by atoms with van der Waals surface area (Å²) in [7, 11) is 0. The number of hydrogen-bond donors (Lipinski definition) is 1. The summed E-state index contributed by atoms with van der Waals surface area (Å²) in [5.74, 6) is -0.149. The van der Waals surface area contributed by atoms with Gasteiger partial charge in [0.25, 0.3) is 5.91 Å². The minimum absolute atomic E-state index is 0.149.